The Hall–Kier alpha value is -2.08. The van der Waals surface area contributed by atoms with E-state index >= 15 is 0 Å². The number of carbonyl (C=O) groups is 2. The smallest absolute Gasteiger partial charge is 0.326 e. The van der Waals surface area contributed by atoms with Crippen LogP contribution in [-0.4, -0.2) is 36.9 Å². The first kappa shape index (κ1) is 15.0. The van der Waals surface area contributed by atoms with E-state index in [2.05, 4.69) is 10.6 Å². The third-order valence-electron chi connectivity index (χ3n) is 2.49. The molecule has 0 aliphatic rings. The number of carboxylic acids is 1. The van der Waals surface area contributed by atoms with Crippen molar-refractivity contribution in [3.63, 3.8) is 0 Å². The first-order valence-corrected chi connectivity index (χ1v) is 5.89. The minimum absolute atomic E-state index is 0.215. The number of aryl methyl sites for hydroxylation is 1. The van der Waals surface area contributed by atoms with Crippen LogP contribution >= 0.6 is 0 Å². The lowest BCUT2D eigenvalue weighted by Gasteiger charge is -2.14. The summed E-state index contributed by atoms with van der Waals surface area (Å²) in [6.45, 7) is 2.17. The van der Waals surface area contributed by atoms with Crippen molar-refractivity contribution in [2.75, 3.05) is 19.0 Å². The monoisotopic (exact) mass is 266 g/mol. The fourth-order valence-electron chi connectivity index (χ4n) is 1.54. The van der Waals surface area contributed by atoms with E-state index in [1.807, 2.05) is 19.1 Å². The normalized spacial score (nSPS) is 11.7. The summed E-state index contributed by atoms with van der Waals surface area (Å²) in [5, 5.41) is 13.9. The Bertz CT molecular complexity index is 448. The van der Waals surface area contributed by atoms with E-state index in [4.69, 9.17) is 9.84 Å². The molecule has 0 fully saturated rings. The molecule has 2 amide bonds. The third-order valence-corrected chi connectivity index (χ3v) is 2.49. The molecule has 1 aromatic rings. The Labute approximate surface area is 111 Å². The average molecular weight is 266 g/mol. The van der Waals surface area contributed by atoms with Gasteiger partial charge in [0.25, 0.3) is 0 Å². The van der Waals surface area contributed by atoms with Gasteiger partial charge in [0.15, 0.2) is 0 Å². The predicted molar refractivity (Wildman–Crippen MR) is 71.3 cm³/mol. The van der Waals surface area contributed by atoms with E-state index in [-0.39, 0.29) is 13.0 Å². The molecule has 0 aromatic heterocycles. The Balaban J connectivity index is 2.55. The maximum Gasteiger partial charge on any atom is 0.326 e. The number of methoxy groups -OCH3 is 1. The van der Waals surface area contributed by atoms with Gasteiger partial charge in [-0.25, -0.2) is 9.59 Å². The van der Waals surface area contributed by atoms with Gasteiger partial charge in [0.2, 0.25) is 0 Å². The summed E-state index contributed by atoms with van der Waals surface area (Å²) in [6.07, 6.45) is 0.215. The Morgan fingerprint density at radius 1 is 1.42 bits per heavy atom. The molecule has 0 spiro atoms. The van der Waals surface area contributed by atoms with Crippen molar-refractivity contribution < 1.29 is 19.4 Å². The largest absolute Gasteiger partial charge is 0.480 e. The van der Waals surface area contributed by atoms with E-state index in [0.29, 0.717) is 5.69 Å². The molecule has 0 saturated heterocycles. The van der Waals surface area contributed by atoms with Crippen LogP contribution in [0.2, 0.25) is 0 Å². The second-order valence-corrected chi connectivity index (χ2v) is 4.14. The fourth-order valence-corrected chi connectivity index (χ4v) is 1.54. The zero-order chi connectivity index (χ0) is 14.3. The molecule has 0 heterocycles. The average Bonchev–Trinajstić information content (AvgIpc) is 2.34. The molecule has 1 rings (SSSR count). The first-order chi connectivity index (χ1) is 9.02. The number of ether oxygens (including phenoxy) is 1. The highest BCUT2D eigenvalue weighted by Gasteiger charge is 2.19. The maximum atomic E-state index is 11.7. The van der Waals surface area contributed by atoms with Crippen LogP contribution in [0.5, 0.6) is 0 Å². The standard InChI is InChI=1S/C13H18N2O4/c1-9-4-3-5-10(8-9)14-13(18)15-11(12(16)17)6-7-19-2/h3-5,8,11H,6-7H2,1-2H3,(H,16,17)(H2,14,15,18). The molecule has 1 aromatic carbocycles. The van der Waals surface area contributed by atoms with Gasteiger partial charge in [-0.05, 0) is 24.6 Å². The van der Waals surface area contributed by atoms with E-state index in [1.165, 1.54) is 7.11 Å². The van der Waals surface area contributed by atoms with Crippen LogP contribution in [-0.2, 0) is 9.53 Å². The van der Waals surface area contributed by atoms with Gasteiger partial charge in [0, 0.05) is 25.8 Å². The van der Waals surface area contributed by atoms with Gasteiger partial charge in [-0.3, -0.25) is 0 Å². The lowest BCUT2D eigenvalue weighted by molar-refractivity contribution is -0.139. The number of anilines is 1. The van der Waals surface area contributed by atoms with Crippen molar-refractivity contribution in [2.24, 2.45) is 0 Å². The van der Waals surface area contributed by atoms with Gasteiger partial charge in [-0.15, -0.1) is 0 Å². The molecule has 19 heavy (non-hydrogen) atoms. The molecule has 3 N–H and O–H groups in total. The van der Waals surface area contributed by atoms with Crippen molar-refractivity contribution >= 4 is 17.7 Å². The second kappa shape index (κ2) is 7.38. The third kappa shape index (κ3) is 5.39. The SMILES string of the molecule is COCCC(NC(=O)Nc1cccc(C)c1)C(=O)O. The summed E-state index contributed by atoms with van der Waals surface area (Å²) in [7, 11) is 1.48. The highest BCUT2D eigenvalue weighted by Crippen LogP contribution is 2.09. The molecule has 0 saturated carbocycles. The van der Waals surface area contributed by atoms with Gasteiger partial charge in [-0.2, -0.15) is 0 Å². The molecule has 0 radical (unpaired) electrons. The molecular formula is C13H18N2O4. The number of urea groups is 1. The number of rotatable bonds is 6. The Morgan fingerprint density at radius 3 is 2.74 bits per heavy atom. The van der Waals surface area contributed by atoms with Crippen molar-refractivity contribution in [1.82, 2.24) is 5.32 Å². The number of carbonyl (C=O) groups excluding carboxylic acids is 1. The van der Waals surface area contributed by atoms with Crippen LogP contribution in [0.25, 0.3) is 0 Å². The molecule has 1 unspecified atom stereocenters. The Kier molecular flexibility index (Phi) is 5.81. The molecule has 0 bridgehead atoms. The van der Waals surface area contributed by atoms with Crippen LogP contribution in [0.1, 0.15) is 12.0 Å². The number of carboxylic acid groups (broad SMARTS) is 1. The number of hydrogen-bond donors (Lipinski definition) is 3. The first-order valence-electron chi connectivity index (χ1n) is 5.89. The number of amides is 2. The predicted octanol–water partition coefficient (Wildman–Crippen LogP) is 1.61. The summed E-state index contributed by atoms with van der Waals surface area (Å²) in [4.78, 5) is 22.6. The Morgan fingerprint density at radius 2 is 2.16 bits per heavy atom. The number of hydrogen-bond acceptors (Lipinski definition) is 3. The van der Waals surface area contributed by atoms with E-state index in [1.54, 1.807) is 12.1 Å². The molecule has 6 heteroatoms. The maximum absolute atomic E-state index is 11.7. The highest BCUT2D eigenvalue weighted by atomic mass is 16.5. The zero-order valence-electron chi connectivity index (χ0n) is 11.0. The fraction of sp³-hybridized carbons (Fsp3) is 0.385. The van der Waals surface area contributed by atoms with E-state index in [0.717, 1.165) is 5.56 Å². The molecule has 0 aliphatic heterocycles. The van der Waals surface area contributed by atoms with Crippen molar-refractivity contribution in [1.29, 1.82) is 0 Å². The van der Waals surface area contributed by atoms with Gasteiger partial charge in [-0.1, -0.05) is 12.1 Å². The van der Waals surface area contributed by atoms with E-state index in [9.17, 15) is 9.59 Å². The van der Waals surface area contributed by atoms with Crippen LogP contribution in [0.4, 0.5) is 10.5 Å². The van der Waals surface area contributed by atoms with Crippen LogP contribution in [0.15, 0.2) is 24.3 Å². The summed E-state index contributed by atoms with van der Waals surface area (Å²) in [6, 6.07) is 5.73. The van der Waals surface area contributed by atoms with Gasteiger partial charge < -0.3 is 20.5 Å². The van der Waals surface area contributed by atoms with Gasteiger partial charge >= 0.3 is 12.0 Å². The lowest BCUT2D eigenvalue weighted by Crippen LogP contribution is -2.43. The minimum Gasteiger partial charge on any atom is -0.480 e. The van der Waals surface area contributed by atoms with Crippen LogP contribution in [0.3, 0.4) is 0 Å². The number of aliphatic carboxylic acids is 1. The highest BCUT2D eigenvalue weighted by molar-refractivity contribution is 5.92. The summed E-state index contributed by atoms with van der Waals surface area (Å²) in [5.41, 5.74) is 1.63. The van der Waals surface area contributed by atoms with E-state index < -0.39 is 18.0 Å². The number of benzene rings is 1. The summed E-state index contributed by atoms with van der Waals surface area (Å²) >= 11 is 0. The van der Waals surface area contributed by atoms with Gasteiger partial charge in [0.05, 0.1) is 0 Å². The van der Waals surface area contributed by atoms with Gasteiger partial charge in [0.1, 0.15) is 6.04 Å². The van der Waals surface area contributed by atoms with Crippen molar-refractivity contribution in [2.45, 2.75) is 19.4 Å². The molecular weight excluding hydrogens is 248 g/mol. The van der Waals surface area contributed by atoms with Crippen molar-refractivity contribution in [3.8, 4) is 0 Å². The van der Waals surface area contributed by atoms with Crippen LogP contribution < -0.4 is 10.6 Å². The molecule has 6 nitrogen and oxygen atoms in total. The lowest BCUT2D eigenvalue weighted by atomic mass is 10.2. The van der Waals surface area contributed by atoms with Crippen LogP contribution in [0, 0.1) is 6.92 Å². The summed E-state index contributed by atoms with van der Waals surface area (Å²) in [5.74, 6) is -1.09. The minimum atomic E-state index is -1.09. The molecule has 1 atom stereocenters. The number of nitrogens with one attached hydrogen (secondary N) is 2. The van der Waals surface area contributed by atoms with Crippen molar-refractivity contribution in [3.05, 3.63) is 29.8 Å². The summed E-state index contributed by atoms with van der Waals surface area (Å²) < 4.78 is 4.80. The topological polar surface area (TPSA) is 87.7 Å². The zero-order valence-corrected chi connectivity index (χ0v) is 11.0. The quantitative estimate of drug-likeness (QED) is 0.730. The second-order valence-electron chi connectivity index (χ2n) is 4.14. The molecule has 0 aliphatic carbocycles. The molecule has 104 valence electrons.